The molecule has 0 radical (unpaired) electrons. The third kappa shape index (κ3) is 9.53. The fourth-order valence-corrected chi connectivity index (χ4v) is 8.02. The summed E-state index contributed by atoms with van der Waals surface area (Å²) in [4.78, 5) is 17.9. The summed E-state index contributed by atoms with van der Waals surface area (Å²) >= 11 is 1.48. The van der Waals surface area contributed by atoms with Crippen LogP contribution in [0.4, 0.5) is 24.5 Å². The number of piperazine rings is 1. The summed E-state index contributed by atoms with van der Waals surface area (Å²) in [5.41, 5.74) is 2.70. The number of aromatic hydroxyl groups is 1. The lowest BCUT2D eigenvalue weighted by Crippen LogP contribution is -2.47. The van der Waals surface area contributed by atoms with Gasteiger partial charge in [0.2, 0.25) is 0 Å². The predicted octanol–water partition coefficient (Wildman–Crippen LogP) is 8.28. The highest BCUT2D eigenvalue weighted by molar-refractivity contribution is 7.99. The third-order valence-electron chi connectivity index (χ3n) is 9.19. The van der Waals surface area contributed by atoms with Crippen LogP contribution < -0.4 is 14.9 Å². The Kier molecular flexibility index (Phi) is 11.7. The molecule has 1 atom stereocenters. The Balaban J connectivity index is 1.03. The Labute approximate surface area is 311 Å². The lowest BCUT2D eigenvalue weighted by atomic mass is 10.00. The van der Waals surface area contributed by atoms with Crippen molar-refractivity contribution in [1.82, 2.24) is 9.62 Å². The maximum absolute atomic E-state index is 14.0. The van der Waals surface area contributed by atoms with Gasteiger partial charge in [0.05, 0.1) is 10.5 Å². The maximum Gasteiger partial charge on any atom is 0.418 e. The quantitative estimate of drug-likeness (QED) is 0.0864. The number of phenolic OH excluding ortho intramolecular Hbond substituents is 1. The summed E-state index contributed by atoms with van der Waals surface area (Å²) in [6, 6.07) is 34.2. The molecule has 0 spiro atoms. The van der Waals surface area contributed by atoms with Crippen LogP contribution in [0.25, 0.3) is 11.1 Å². The van der Waals surface area contributed by atoms with Crippen LogP contribution in [0.2, 0.25) is 0 Å². The first-order chi connectivity index (χ1) is 25.4. The maximum atomic E-state index is 14.0. The van der Waals surface area contributed by atoms with Crippen molar-refractivity contribution in [3.8, 4) is 16.9 Å². The molecule has 1 aliphatic heterocycles. The van der Waals surface area contributed by atoms with E-state index in [0.29, 0.717) is 11.8 Å². The van der Waals surface area contributed by atoms with Gasteiger partial charge in [-0.1, -0.05) is 54.6 Å². The molecule has 1 fully saturated rings. The fourth-order valence-electron chi connectivity index (χ4n) is 6.23. The van der Waals surface area contributed by atoms with Gasteiger partial charge in [0, 0.05) is 66.4 Å². The van der Waals surface area contributed by atoms with Gasteiger partial charge in [-0.2, -0.15) is 13.2 Å². The Morgan fingerprint density at radius 3 is 2.19 bits per heavy atom. The highest BCUT2D eigenvalue weighted by Gasteiger charge is 2.35. The molecule has 276 valence electrons. The molecule has 1 unspecified atom stereocenters. The predicted molar refractivity (Wildman–Crippen MR) is 204 cm³/mol. The van der Waals surface area contributed by atoms with Gasteiger partial charge in [-0.3, -0.25) is 9.69 Å². The van der Waals surface area contributed by atoms with E-state index in [0.717, 1.165) is 60.0 Å². The number of carbonyl (C=O) groups excluding carboxylic acids is 1. The fraction of sp³-hybridized carbons (Fsp3) is 0.225. The van der Waals surface area contributed by atoms with Crippen molar-refractivity contribution in [2.45, 2.75) is 28.9 Å². The van der Waals surface area contributed by atoms with Crippen LogP contribution >= 0.6 is 11.8 Å². The Morgan fingerprint density at radius 1 is 0.830 bits per heavy atom. The summed E-state index contributed by atoms with van der Waals surface area (Å²) in [7, 11) is -4.61. The first-order valence-electron chi connectivity index (χ1n) is 17.1. The van der Waals surface area contributed by atoms with E-state index in [4.69, 9.17) is 0 Å². The minimum Gasteiger partial charge on any atom is -0.508 e. The van der Waals surface area contributed by atoms with Crippen molar-refractivity contribution in [1.29, 1.82) is 0 Å². The van der Waals surface area contributed by atoms with Gasteiger partial charge < -0.3 is 15.3 Å². The average molecular weight is 761 g/mol. The molecule has 3 N–H and O–H groups in total. The number of phenols is 1. The van der Waals surface area contributed by atoms with Crippen molar-refractivity contribution in [2.75, 3.05) is 48.7 Å². The van der Waals surface area contributed by atoms with E-state index in [1.54, 1.807) is 24.3 Å². The van der Waals surface area contributed by atoms with Gasteiger partial charge in [-0.25, -0.2) is 13.1 Å². The van der Waals surface area contributed by atoms with Crippen LogP contribution in [0.3, 0.4) is 0 Å². The number of rotatable bonds is 12. The molecule has 5 aromatic rings. The molecular weight excluding hydrogens is 722 g/mol. The molecule has 1 heterocycles. The summed E-state index contributed by atoms with van der Waals surface area (Å²) in [5.74, 6) is -0.228. The van der Waals surface area contributed by atoms with Crippen LogP contribution in [0, 0.1) is 0 Å². The summed E-state index contributed by atoms with van der Waals surface area (Å²) in [6.07, 6.45) is -4.83. The van der Waals surface area contributed by atoms with E-state index in [1.165, 1.54) is 29.5 Å². The van der Waals surface area contributed by atoms with Crippen LogP contribution in [-0.2, 0) is 16.2 Å². The van der Waals surface area contributed by atoms with E-state index < -0.39 is 32.6 Å². The van der Waals surface area contributed by atoms with Gasteiger partial charge in [0.15, 0.2) is 0 Å². The second-order valence-electron chi connectivity index (χ2n) is 12.6. The molecule has 1 saturated heterocycles. The van der Waals surface area contributed by atoms with Gasteiger partial charge in [-0.15, -0.1) is 11.8 Å². The minimum atomic E-state index is -4.83. The van der Waals surface area contributed by atoms with Crippen LogP contribution in [0.5, 0.6) is 5.75 Å². The molecule has 53 heavy (non-hydrogen) atoms. The zero-order valence-corrected chi connectivity index (χ0v) is 30.5. The first kappa shape index (κ1) is 37.8. The molecule has 5 aromatic carbocycles. The van der Waals surface area contributed by atoms with Crippen molar-refractivity contribution < 1.29 is 31.5 Å². The number of nitrogens with one attached hydrogen (secondary N) is 2. The third-order valence-corrected chi connectivity index (χ3v) is 11.5. The number of amides is 1. The smallest absolute Gasteiger partial charge is 0.418 e. The van der Waals surface area contributed by atoms with Crippen molar-refractivity contribution in [3.63, 3.8) is 0 Å². The van der Waals surface area contributed by atoms with E-state index in [2.05, 4.69) is 46.3 Å². The number of nitrogens with zero attached hydrogens (tertiary/aromatic N) is 2. The number of sulfonamides is 1. The topological polar surface area (TPSA) is 102 Å². The number of alkyl halides is 3. The minimum absolute atomic E-state index is 0.0593. The number of halogens is 3. The van der Waals surface area contributed by atoms with E-state index in [1.807, 2.05) is 47.2 Å². The van der Waals surface area contributed by atoms with Crippen LogP contribution in [0.1, 0.15) is 34.5 Å². The van der Waals surface area contributed by atoms with Crippen LogP contribution in [0.15, 0.2) is 131 Å². The normalized spacial score (nSPS) is 14.5. The SMILES string of the molecule is CC(c1ccc(-c2cccc(O)c2)cc1)N1CCN(c2ccc(C(=O)NS(=O)(=O)c3ccc(NCCSc4ccccc4)c(C(F)(F)F)c3)cc2)CC1. The standard InChI is InChI=1S/C40H39F3N4O4S2/c1-28(29-10-12-30(13-11-29)32-6-5-7-34(48)26-32)46-21-23-47(24-22-46)33-16-14-31(15-17-33)39(49)45-53(50,51)36-18-19-38(37(27-36)40(41,42)43)44-20-25-52-35-8-3-2-4-9-35/h2-19,26-28,44,48H,20-25H2,1H3,(H,45,49). The Bertz CT molecular complexity index is 2120. The number of benzene rings is 5. The number of carbonyl (C=O) groups is 1. The number of thioether (sulfide) groups is 1. The Hall–Kier alpha value is -4.98. The van der Waals surface area contributed by atoms with E-state index in [9.17, 15) is 31.5 Å². The van der Waals surface area contributed by atoms with Crippen molar-refractivity contribution in [2.24, 2.45) is 0 Å². The summed E-state index contributed by atoms with van der Waals surface area (Å²) in [6.45, 7) is 5.47. The molecule has 1 aliphatic rings. The Morgan fingerprint density at radius 2 is 1.53 bits per heavy atom. The lowest BCUT2D eigenvalue weighted by Gasteiger charge is -2.39. The summed E-state index contributed by atoms with van der Waals surface area (Å²) < 4.78 is 70.0. The van der Waals surface area contributed by atoms with E-state index >= 15 is 0 Å². The monoisotopic (exact) mass is 760 g/mol. The number of hydrogen-bond donors (Lipinski definition) is 3. The molecule has 8 nitrogen and oxygen atoms in total. The number of hydrogen-bond acceptors (Lipinski definition) is 8. The van der Waals surface area contributed by atoms with Crippen molar-refractivity contribution in [3.05, 3.63) is 138 Å². The molecular formula is C40H39F3N4O4S2. The molecule has 13 heteroatoms. The van der Waals surface area contributed by atoms with Gasteiger partial charge >= 0.3 is 6.18 Å². The molecule has 0 saturated carbocycles. The zero-order valence-electron chi connectivity index (χ0n) is 28.9. The van der Waals surface area contributed by atoms with Gasteiger partial charge in [0.25, 0.3) is 15.9 Å². The van der Waals surface area contributed by atoms with Gasteiger partial charge in [-0.05, 0) is 90.3 Å². The molecule has 0 bridgehead atoms. The van der Waals surface area contributed by atoms with Gasteiger partial charge in [0.1, 0.15) is 5.75 Å². The van der Waals surface area contributed by atoms with E-state index in [-0.39, 0.29) is 29.6 Å². The molecule has 0 aromatic heterocycles. The average Bonchev–Trinajstić information content (AvgIpc) is 3.16. The highest BCUT2D eigenvalue weighted by Crippen LogP contribution is 2.37. The number of anilines is 2. The molecule has 1 amide bonds. The second kappa shape index (κ2) is 16.4. The largest absolute Gasteiger partial charge is 0.508 e. The molecule has 0 aliphatic carbocycles. The second-order valence-corrected chi connectivity index (χ2v) is 15.5. The zero-order chi connectivity index (χ0) is 37.6. The lowest BCUT2D eigenvalue weighted by molar-refractivity contribution is -0.137. The van der Waals surface area contributed by atoms with Crippen LogP contribution in [-0.4, -0.2) is 62.8 Å². The first-order valence-corrected chi connectivity index (χ1v) is 19.5. The highest BCUT2D eigenvalue weighted by atomic mass is 32.2. The molecule has 6 rings (SSSR count). The summed E-state index contributed by atoms with van der Waals surface area (Å²) in [5, 5.41) is 12.6. The van der Waals surface area contributed by atoms with Crippen molar-refractivity contribution >= 4 is 39.1 Å².